The smallest absolute Gasteiger partial charge is 0.101 e. The van der Waals surface area contributed by atoms with Gasteiger partial charge in [0.05, 0.1) is 5.56 Å². The second-order valence-corrected chi connectivity index (χ2v) is 4.69. The van der Waals surface area contributed by atoms with Crippen molar-refractivity contribution < 1.29 is 0 Å². The minimum absolute atomic E-state index is 0.437. The van der Waals surface area contributed by atoms with Gasteiger partial charge in [0, 0.05) is 48.5 Å². The van der Waals surface area contributed by atoms with Crippen molar-refractivity contribution in [1.82, 2.24) is 15.3 Å². The zero-order valence-electron chi connectivity index (χ0n) is 11.1. The van der Waals surface area contributed by atoms with Crippen molar-refractivity contribution in [3.05, 3.63) is 48.0 Å². The summed E-state index contributed by atoms with van der Waals surface area (Å²) in [4.78, 5) is 8.31. The Morgan fingerprint density at radius 1 is 1.11 bits per heavy atom. The SMILES string of the molecule is CC(C)NCc1cncc(-c2cncc(C#N)c2)c1. The van der Waals surface area contributed by atoms with Crippen LogP contribution in [0.1, 0.15) is 25.0 Å². The topological polar surface area (TPSA) is 61.6 Å². The lowest BCUT2D eigenvalue weighted by Crippen LogP contribution is -2.21. The van der Waals surface area contributed by atoms with Gasteiger partial charge in [-0.05, 0) is 17.7 Å². The molecule has 0 radical (unpaired) electrons. The van der Waals surface area contributed by atoms with Gasteiger partial charge < -0.3 is 5.32 Å². The number of hydrogen-bond acceptors (Lipinski definition) is 4. The van der Waals surface area contributed by atoms with E-state index in [2.05, 4.69) is 41.3 Å². The van der Waals surface area contributed by atoms with E-state index in [1.165, 1.54) is 0 Å². The standard InChI is InChI=1S/C15H16N4/c1-11(2)19-8-13-4-15(10-18-7-13)14-3-12(5-16)6-17-9-14/h3-4,6-7,9-11,19H,8H2,1-2H3. The average molecular weight is 252 g/mol. The Morgan fingerprint density at radius 3 is 2.47 bits per heavy atom. The Kier molecular flexibility index (Phi) is 4.22. The molecule has 4 heteroatoms. The summed E-state index contributed by atoms with van der Waals surface area (Å²) in [6.07, 6.45) is 6.94. The monoisotopic (exact) mass is 252 g/mol. The van der Waals surface area contributed by atoms with Crippen LogP contribution in [-0.2, 0) is 6.54 Å². The van der Waals surface area contributed by atoms with Crippen molar-refractivity contribution in [3.8, 4) is 17.2 Å². The third-order valence-electron chi connectivity index (χ3n) is 2.71. The van der Waals surface area contributed by atoms with Gasteiger partial charge in [0.25, 0.3) is 0 Å². The number of hydrogen-bond donors (Lipinski definition) is 1. The number of rotatable bonds is 4. The number of nitrogens with one attached hydrogen (secondary N) is 1. The summed E-state index contributed by atoms with van der Waals surface area (Å²) >= 11 is 0. The van der Waals surface area contributed by atoms with Crippen LogP contribution in [-0.4, -0.2) is 16.0 Å². The first-order valence-corrected chi connectivity index (χ1v) is 6.22. The van der Waals surface area contributed by atoms with Crippen LogP contribution in [0.25, 0.3) is 11.1 Å². The third kappa shape index (κ3) is 3.60. The van der Waals surface area contributed by atoms with E-state index in [-0.39, 0.29) is 0 Å². The number of pyridine rings is 2. The molecule has 0 aliphatic heterocycles. The van der Waals surface area contributed by atoms with E-state index in [0.29, 0.717) is 11.6 Å². The van der Waals surface area contributed by atoms with E-state index < -0.39 is 0 Å². The lowest BCUT2D eigenvalue weighted by Gasteiger charge is -2.09. The molecule has 2 rings (SSSR count). The zero-order chi connectivity index (χ0) is 13.7. The summed E-state index contributed by atoms with van der Waals surface area (Å²) < 4.78 is 0. The molecule has 0 amide bonds. The van der Waals surface area contributed by atoms with Gasteiger partial charge >= 0.3 is 0 Å². The molecule has 0 bridgehead atoms. The third-order valence-corrected chi connectivity index (χ3v) is 2.71. The second kappa shape index (κ2) is 6.07. The van der Waals surface area contributed by atoms with Crippen molar-refractivity contribution >= 4 is 0 Å². The van der Waals surface area contributed by atoms with Crippen molar-refractivity contribution in [2.24, 2.45) is 0 Å². The van der Waals surface area contributed by atoms with Crippen LogP contribution in [0, 0.1) is 11.3 Å². The lowest BCUT2D eigenvalue weighted by atomic mass is 10.1. The van der Waals surface area contributed by atoms with Gasteiger partial charge in [0.2, 0.25) is 0 Å². The minimum Gasteiger partial charge on any atom is -0.310 e. The molecule has 2 aromatic heterocycles. The van der Waals surface area contributed by atoms with Crippen LogP contribution in [0.2, 0.25) is 0 Å². The maximum Gasteiger partial charge on any atom is 0.101 e. The van der Waals surface area contributed by atoms with E-state index in [4.69, 9.17) is 5.26 Å². The quantitative estimate of drug-likeness (QED) is 0.908. The molecule has 0 saturated heterocycles. The Bertz CT molecular complexity index is 599. The van der Waals surface area contributed by atoms with E-state index in [1.807, 2.05) is 12.3 Å². The summed E-state index contributed by atoms with van der Waals surface area (Å²) in [7, 11) is 0. The fourth-order valence-corrected chi connectivity index (χ4v) is 1.72. The van der Waals surface area contributed by atoms with E-state index >= 15 is 0 Å². The van der Waals surface area contributed by atoms with Crippen molar-refractivity contribution in [3.63, 3.8) is 0 Å². The molecule has 0 aliphatic rings. The highest BCUT2D eigenvalue weighted by Crippen LogP contribution is 2.19. The van der Waals surface area contributed by atoms with Gasteiger partial charge in [-0.25, -0.2) is 0 Å². The van der Waals surface area contributed by atoms with Crippen LogP contribution in [0.4, 0.5) is 0 Å². The molecule has 0 saturated carbocycles. The number of aromatic nitrogens is 2. The molecule has 19 heavy (non-hydrogen) atoms. The van der Waals surface area contributed by atoms with Crippen LogP contribution >= 0.6 is 0 Å². The highest BCUT2D eigenvalue weighted by atomic mass is 14.9. The molecular weight excluding hydrogens is 236 g/mol. The normalized spacial score (nSPS) is 10.4. The molecular formula is C15H16N4. The molecule has 4 nitrogen and oxygen atoms in total. The van der Waals surface area contributed by atoms with Gasteiger partial charge in [-0.3, -0.25) is 9.97 Å². The number of nitriles is 1. The molecule has 2 aromatic rings. The Hall–Kier alpha value is -2.25. The molecule has 96 valence electrons. The molecule has 1 N–H and O–H groups in total. The first-order chi connectivity index (χ1) is 9.19. The van der Waals surface area contributed by atoms with Crippen molar-refractivity contribution in [1.29, 1.82) is 5.26 Å². The molecule has 0 aromatic carbocycles. The first kappa shape index (κ1) is 13.2. The van der Waals surface area contributed by atoms with E-state index in [9.17, 15) is 0 Å². The fraction of sp³-hybridized carbons (Fsp3) is 0.267. The summed E-state index contributed by atoms with van der Waals surface area (Å²) in [6, 6.07) is 6.43. The van der Waals surface area contributed by atoms with Gasteiger partial charge in [-0.15, -0.1) is 0 Å². The maximum atomic E-state index is 8.89. The number of nitrogens with zero attached hydrogens (tertiary/aromatic N) is 3. The molecule has 2 heterocycles. The van der Waals surface area contributed by atoms with Crippen LogP contribution in [0.15, 0.2) is 36.9 Å². The molecule has 0 spiro atoms. The van der Waals surface area contributed by atoms with E-state index in [0.717, 1.165) is 23.2 Å². The molecule has 0 aliphatic carbocycles. The molecule has 0 unspecified atom stereocenters. The average Bonchev–Trinajstić information content (AvgIpc) is 2.45. The van der Waals surface area contributed by atoms with Crippen molar-refractivity contribution in [2.45, 2.75) is 26.4 Å². The Labute approximate surface area is 113 Å². The summed E-state index contributed by atoms with van der Waals surface area (Å²) in [5.74, 6) is 0. The Balaban J connectivity index is 2.25. The fourth-order valence-electron chi connectivity index (χ4n) is 1.72. The first-order valence-electron chi connectivity index (χ1n) is 6.22. The second-order valence-electron chi connectivity index (χ2n) is 4.69. The van der Waals surface area contributed by atoms with Gasteiger partial charge in [-0.1, -0.05) is 13.8 Å². The van der Waals surface area contributed by atoms with Crippen molar-refractivity contribution in [2.75, 3.05) is 0 Å². The van der Waals surface area contributed by atoms with Gasteiger partial charge in [0.15, 0.2) is 0 Å². The maximum absolute atomic E-state index is 8.89. The highest BCUT2D eigenvalue weighted by Gasteiger charge is 2.03. The zero-order valence-corrected chi connectivity index (χ0v) is 11.1. The minimum atomic E-state index is 0.437. The predicted molar refractivity (Wildman–Crippen MR) is 74.2 cm³/mol. The van der Waals surface area contributed by atoms with Gasteiger partial charge in [-0.2, -0.15) is 5.26 Å². The highest BCUT2D eigenvalue weighted by molar-refractivity contribution is 5.63. The predicted octanol–water partition coefficient (Wildman–Crippen LogP) is 2.51. The largest absolute Gasteiger partial charge is 0.310 e. The van der Waals surface area contributed by atoms with Crippen LogP contribution in [0.3, 0.4) is 0 Å². The van der Waals surface area contributed by atoms with Crippen LogP contribution in [0.5, 0.6) is 0 Å². The van der Waals surface area contributed by atoms with Gasteiger partial charge in [0.1, 0.15) is 6.07 Å². The summed E-state index contributed by atoms with van der Waals surface area (Å²) in [5.41, 5.74) is 3.57. The van der Waals surface area contributed by atoms with Crippen LogP contribution < -0.4 is 5.32 Å². The summed E-state index contributed by atoms with van der Waals surface area (Å²) in [5, 5.41) is 12.2. The lowest BCUT2D eigenvalue weighted by molar-refractivity contribution is 0.588. The molecule has 0 fully saturated rings. The Morgan fingerprint density at radius 2 is 1.79 bits per heavy atom. The summed E-state index contributed by atoms with van der Waals surface area (Å²) in [6.45, 7) is 5.00. The molecule has 0 atom stereocenters. The van der Waals surface area contributed by atoms with E-state index in [1.54, 1.807) is 18.6 Å².